The molecule has 0 radical (unpaired) electrons. The van der Waals surface area contributed by atoms with Crippen LogP contribution in [-0.4, -0.2) is 25.1 Å². The highest BCUT2D eigenvalue weighted by molar-refractivity contribution is 9.10. The third-order valence-corrected chi connectivity index (χ3v) is 5.18. The summed E-state index contributed by atoms with van der Waals surface area (Å²) < 4.78 is 25.6. The average Bonchev–Trinajstić information content (AvgIpc) is 2.80. The minimum Gasteiger partial charge on any atom is -0.493 e. The van der Waals surface area contributed by atoms with Crippen LogP contribution in [0.5, 0.6) is 11.5 Å². The summed E-state index contributed by atoms with van der Waals surface area (Å²) in [5.74, 6) is -1.76. The number of hydrazone groups is 1. The molecule has 0 atom stereocenters. The van der Waals surface area contributed by atoms with E-state index in [9.17, 15) is 14.0 Å². The molecule has 0 aliphatic rings. The molecule has 0 bridgehead atoms. The maximum atomic E-state index is 13.6. The molecule has 0 aliphatic heterocycles. The smallest absolute Gasteiger partial charge is 0.329 e. The first kappa shape index (κ1) is 23.9. The van der Waals surface area contributed by atoms with E-state index in [4.69, 9.17) is 9.47 Å². The molecular formula is C24H21BrFN3O4. The summed E-state index contributed by atoms with van der Waals surface area (Å²) in [4.78, 5) is 23.8. The fraction of sp³-hybridized carbons (Fsp3) is 0.125. The molecule has 2 N–H and O–H groups in total. The predicted molar refractivity (Wildman–Crippen MR) is 127 cm³/mol. The largest absolute Gasteiger partial charge is 0.493 e. The van der Waals surface area contributed by atoms with E-state index in [0.717, 1.165) is 11.1 Å². The highest BCUT2D eigenvalue weighted by Gasteiger charge is 2.15. The van der Waals surface area contributed by atoms with E-state index in [1.54, 1.807) is 12.1 Å². The number of halogens is 2. The Morgan fingerprint density at radius 3 is 2.55 bits per heavy atom. The Bertz CT molecular complexity index is 1200. The van der Waals surface area contributed by atoms with Gasteiger partial charge in [-0.1, -0.05) is 36.4 Å². The van der Waals surface area contributed by atoms with Crippen molar-refractivity contribution in [3.05, 3.63) is 87.6 Å². The van der Waals surface area contributed by atoms with Gasteiger partial charge in [0.2, 0.25) is 0 Å². The SMILES string of the molecule is COc1cc(C=NNC(=O)C(=O)Nc2ccccc2F)cc(Br)c1OCc1ccccc1C. The molecular weight excluding hydrogens is 493 g/mol. The number of ether oxygens (including phenoxy) is 2. The number of nitrogens with one attached hydrogen (secondary N) is 2. The maximum Gasteiger partial charge on any atom is 0.329 e. The number of rotatable bonds is 7. The summed E-state index contributed by atoms with van der Waals surface area (Å²) in [7, 11) is 1.51. The van der Waals surface area contributed by atoms with Gasteiger partial charge in [0.15, 0.2) is 11.5 Å². The Labute approximate surface area is 198 Å². The quantitative estimate of drug-likeness (QED) is 0.275. The number of carbonyl (C=O) groups is 2. The number of para-hydroxylation sites is 1. The minimum absolute atomic E-state index is 0.100. The summed E-state index contributed by atoms with van der Waals surface area (Å²) >= 11 is 3.47. The first-order valence-electron chi connectivity index (χ1n) is 9.82. The number of anilines is 1. The average molecular weight is 514 g/mol. The first-order valence-corrected chi connectivity index (χ1v) is 10.6. The lowest BCUT2D eigenvalue weighted by atomic mass is 10.1. The first-order chi connectivity index (χ1) is 15.9. The molecule has 0 spiro atoms. The molecule has 0 fully saturated rings. The van der Waals surface area contributed by atoms with Crippen molar-refractivity contribution in [2.24, 2.45) is 5.10 Å². The normalized spacial score (nSPS) is 10.7. The molecule has 2 amide bonds. The highest BCUT2D eigenvalue weighted by Crippen LogP contribution is 2.37. The van der Waals surface area contributed by atoms with Gasteiger partial charge in [0, 0.05) is 0 Å². The molecule has 0 saturated heterocycles. The fourth-order valence-corrected chi connectivity index (χ4v) is 3.41. The molecule has 9 heteroatoms. The number of aryl methyl sites for hydroxylation is 1. The molecule has 0 unspecified atom stereocenters. The Hall–Kier alpha value is -3.72. The standard InChI is InChI=1S/C24H21BrFN3O4/c1-15-7-3-4-8-17(15)14-33-22-18(25)11-16(12-21(22)32-2)13-27-29-24(31)23(30)28-20-10-6-5-9-19(20)26/h3-13H,14H2,1-2H3,(H,28,30)(H,29,31). The van der Waals surface area contributed by atoms with Gasteiger partial charge in [0.1, 0.15) is 12.4 Å². The molecule has 0 aliphatic carbocycles. The van der Waals surface area contributed by atoms with Crippen LogP contribution < -0.4 is 20.2 Å². The van der Waals surface area contributed by atoms with Crippen LogP contribution >= 0.6 is 15.9 Å². The molecule has 0 aromatic heterocycles. The lowest BCUT2D eigenvalue weighted by molar-refractivity contribution is -0.136. The van der Waals surface area contributed by atoms with Crippen molar-refractivity contribution in [3.8, 4) is 11.5 Å². The van der Waals surface area contributed by atoms with Crippen LogP contribution in [0.1, 0.15) is 16.7 Å². The molecule has 170 valence electrons. The van der Waals surface area contributed by atoms with Gasteiger partial charge in [-0.3, -0.25) is 9.59 Å². The maximum absolute atomic E-state index is 13.6. The monoisotopic (exact) mass is 513 g/mol. The third-order valence-electron chi connectivity index (χ3n) is 4.59. The summed E-state index contributed by atoms with van der Waals surface area (Å²) in [5.41, 5.74) is 4.75. The van der Waals surface area contributed by atoms with Crippen molar-refractivity contribution >= 4 is 39.6 Å². The number of carbonyl (C=O) groups excluding carboxylic acids is 2. The van der Waals surface area contributed by atoms with E-state index >= 15 is 0 Å². The molecule has 3 rings (SSSR count). The zero-order valence-corrected chi connectivity index (χ0v) is 19.5. The van der Waals surface area contributed by atoms with E-state index < -0.39 is 17.6 Å². The van der Waals surface area contributed by atoms with Crippen molar-refractivity contribution in [1.29, 1.82) is 0 Å². The number of hydrogen-bond acceptors (Lipinski definition) is 5. The van der Waals surface area contributed by atoms with Gasteiger partial charge in [0.05, 0.1) is 23.5 Å². The number of nitrogens with zero attached hydrogens (tertiary/aromatic N) is 1. The van der Waals surface area contributed by atoms with Crippen molar-refractivity contribution in [2.45, 2.75) is 13.5 Å². The van der Waals surface area contributed by atoms with Crippen LogP contribution in [0, 0.1) is 12.7 Å². The zero-order valence-electron chi connectivity index (χ0n) is 17.9. The van der Waals surface area contributed by atoms with Crippen LogP contribution in [0.4, 0.5) is 10.1 Å². The number of methoxy groups -OCH3 is 1. The van der Waals surface area contributed by atoms with Gasteiger partial charge in [-0.15, -0.1) is 0 Å². The van der Waals surface area contributed by atoms with Gasteiger partial charge < -0.3 is 14.8 Å². The molecule has 3 aromatic rings. The van der Waals surface area contributed by atoms with Crippen LogP contribution in [0.3, 0.4) is 0 Å². The molecule has 33 heavy (non-hydrogen) atoms. The topological polar surface area (TPSA) is 89.0 Å². The van der Waals surface area contributed by atoms with E-state index in [1.165, 1.54) is 37.6 Å². The number of benzene rings is 3. The van der Waals surface area contributed by atoms with Crippen LogP contribution in [0.25, 0.3) is 0 Å². The van der Waals surface area contributed by atoms with Gasteiger partial charge in [-0.2, -0.15) is 5.10 Å². The Morgan fingerprint density at radius 2 is 1.82 bits per heavy atom. The zero-order chi connectivity index (χ0) is 23.8. The van der Waals surface area contributed by atoms with E-state index in [1.807, 2.05) is 31.2 Å². The van der Waals surface area contributed by atoms with Gasteiger partial charge in [-0.25, -0.2) is 9.82 Å². The summed E-state index contributed by atoms with van der Waals surface area (Å²) in [5, 5.41) is 5.96. The lowest BCUT2D eigenvalue weighted by Gasteiger charge is -2.14. The lowest BCUT2D eigenvalue weighted by Crippen LogP contribution is -2.32. The predicted octanol–water partition coefficient (Wildman–Crippen LogP) is 4.57. The summed E-state index contributed by atoms with van der Waals surface area (Å²) in [6.07, 6.45) is 1.34. The van der Waals surface area contributed by atoms with Crippen molar-refractivity contribution < 1.29 is 23.5 Å². The second-order valence-corrected chi connectivity index (χ2v) is 7.74. The number of amides is 2. The van der Waals surface area contributed by atoms with Crippen molar-refractivity contribution in [2.75, 3.05) is 12.4 Å². The Balaban J connectivity index is 1.64. The van der Waals surface area contributed by atoms with Crippen LogP contribution in [0.2, 0.25) is 0 Å². The second-order valence-electron chi connectivity index (χ2n) is 6.88. The van der Waals surface area contributed by atoms with Crippen molar-refractivity contribution in [3.63, 3.8) is 0 Å². The molecule has 0 heterocycles. The Morgan fingerprint density at radius 1 is 1.09 bits per heavy atom. The Kier molecular flexibility index (Phi) is 8.15. The summed E-state index contributed by atoms with van der Waals surface area (Å²) in [6.45, 7) is 2.37. The van der Waals surface area contributed by atoms with Crippen LogP contribution in [-0.2, 0) is 16.2 Å². The van der Waals surface area contributed by atoms with Gasteiger partial charge in [0.25, 0.3) is 0 Å². The fourth-order valence-electron chi connectivity index (χ4n) is 2.83. The molecule has 0 saturated carbocycles. The van der Waals surface area contributed by atoms with Crippen LogP contribution in [0.15, 0.2) is 70.2 Å². The highest BCUT2D eigenvalue weighted by atomic mass is 79.9. The summed E-state index contributed by atoms with van der Waals surface area (Å²) in [6, 6.07) is 16.8. The minimum atomic E-state index is -1.05. The van der Waals surface area contributed by atoms with E-state index in [0.29, 0.717) is 28.1 Å². The van der Waals surface area contributed by atoms with E-state index in [-0.39, 0.29) is 5.69 Å². The van der Waals surface area contributed by atoms with Gasteiger partial charge in [-0.05, 0) is 63.8 Å². The molecule has 3 aromatic carbocycles. The van der Waals surface area contributed by atoms with E-state index in [2.05, 4.69) is 31.8 Å². The third kappa shape index (κ3) is 6.39. The van der Waals surface area contributed by atoms with Crippen molar-refractivity contribution in [1.82, 2.24) is 5.43 Å². The van der Waals surface area contributed by atoms with Gasteiger partial charge >= 0.3 is 11.8 Å². The number of hydrogen-bond donors (Lipinski definition) is 2. The second kappa shape index (κ2) is 11.2. The molecule has 7 nitrogen and oxygen atoms in total.